The minimum absolute atomic E-state index is 0.117. The average Bonchev–Trinajstić information content (AvgIpc) is 2.55. The Morgan fingerprint density at radius 2 is 2.04 bits per heavy atom. The van der Waals surface area contributed by atoms with E-state index in [1.165, 1.54) is 0 Å². The van der Waals surface area contributed by atoms with Crippen LogP contribution in [0.2, 0.25) is 0 Å². The molecule has 2 heterocycles. The van der Waals surface area contributed by atoms with Crippen molar-refractivity contribution >= 4 is 23.5 Å². The molecule has 7 nitrogen and oxygen atoms in total. The third-order valence-corrected chi connectivity index (χ3v) is 4.53. The topological polar surface area (TPSA) is 95.9 Å². The molecule has 0 spiro atoms. The van der Waals surface area contributed by atoms with Crippen LogP contribution in [0.4, 0.5) is 5.69 Å². The fourth-order valence-electron chi connectivity index (χ4n) is 3.15. The lowest BCUT2D eigenvalue weighted by atomic mass is 9.93. The number of carbonyl (C=O) groups excluding carboxylic acids is 2. The van der Waals surface area contributed by atoms with E-state index in [2.05, 4.69) is 5.32 Å². The van der Waals surface area contributed by atoms with Crippen molar-refractivity contribution in [1.29, 1.82) is 0 Å². The van der Waals surface area contributed by atoms with Gasteiger partial charge in [0.1, 0.15) is 0 Å². The molecule has 128 valence electrons. The summed E-state index contributed by atoms with van der Waals surface area (Å²) in [7, 11) is 0. The second-order valence-corrected chi connectivity index (χ2v) is 6.27. The van der Waals surface area contributed by atoms with Gasteiger partial charge in [-0.3, -0.25) is 14.4 Å². The number of fused-ring (bicyclic) bond motifs is 1. The summed E-state index contributed by atoms with van der Waals surface area (Å²) in [4.78, 5) is 37.0. The molecule has 2 aliphatic heterocycles. The smallest absolute Gasteiger partial charge is 0.303 e. The molecule has 1 unspecified atom stereocenters. The highest BCUT2D eigenvalue weighted by molar-refractivity contribution is 6.04. The molecule has 0 radical (unpaired) electrons. The Morgan fingerprint density at radius 1 is 1.33 bits per heavy atom. The van der Waals surface area contributed by atoms with Crippen molar-refractivity contribution in [3.05, 3.63) is 23.8 Å². The van der Waals surface area contributed by atoms with Gasteiger partial charge < -0.3 is 20.1 Å². The van der Waals surface area contributed by atoms with Gasteiger partial charge in [-0.05, 0) is 37.8 Å². The van der Waals surface area contributed by atoms with Gasteiger partial charge in [-0.2, -0.15) is 0 Å². The molecule has 2 aliphatic rings. The lowest BCUT2D eigenvalue weighted by Crippen LogP contribution is -2.40. The number of benzene rings is 1. The molecule has 3 rings (SSSR count). The van der Waals surface area contributed by atoms with Gasteiger partial charge in [0.15, 0.2) is 11.9 Å². The molecule has 24 heavy (non-hydrogen) atoms. The quantitative estimate of drug-likeness (QED) is 0.879. The Hall–Kier alpha value is -2.57. The Balaban J connectivity index is 1.74. The van der Waals surface area contributed by atoms with Gasteiger partial charge in [0.2, 0.25) is 0 Å². The first kappa shape index (κ1) is 16.3. The number of likely N-dealkylation sites (tertiary alicyclic amines) is 1. The number of piperidine rings is 1. The van der Waals surface area contributed by atoms with Crippen LogP contribution in [0.3, 0.4) is 0 Å². The minimum atomic E-state index is -0.796. The third kappa shape index (κ3) is 3.20. The van der Waals surface area contributed by atoms with Crippen molar-refractivity contribution in [3.8, 4) is 5.75 Å². The minimum Gasteiger partial charge on any atom is -0.481 e. The van der Waals surface area contributed by atoms with Crippen LogP contribution in [0.5, 0.6) is 5.75 Å². The predicted octanol–water partition coefficient (Wildman–Crippen LogP) is 1.73. The lowest BCUT2D eigenvalue weighted by Gasteiger charge is -2.32. The van der Waals surface area contributed by atoms with Gasteiger partial charge >= 0.3 is 5.97 Å². The zero-order chi connectivity index (χ0) is 17.3. The van der Waals surface area contributed by atoms with Crippen molar-refractivity contribution in [3.63, 3.8) is 0 Å². The Morgan fingerprint density at radius 3 is 2.71 bits per heavy atom. The fraction of sp³-hybridized carbons (Fsp3) is 0.471. The molecule has 1 aromatic rings. The summed E-state index contributed by atoms with van der Waals surface area (Å²) < 4.78 is 5.62. The zero-order valence-electron chi connectivity index (χ0n) is 13.4. The molecule has 0 aliphatic carbocycles. The van der Waals surface area contributed by atoms with Crippen LogP contribution >= 0.6 is 0 Å². The normalized spacial score (nSPS) is 20.8. The summed E-state index contributed by atoms with van der Waals surface area (Å²) in [6.07, 6.45) is 0.866. The molecular weight excluding hydrogens is 312 g/mol. The second kappa shape index (κ2) is 6.51. The zero-order valence-corrected chi connectivity index (χ0v) is 13.4. The number of carboxylic acid groups (broad SMARTS) is 1. The fourth-order valence-corrected chi connectivity index (χ4v) is 3.15. The molecule has 1 saturated heterocycles. The van der Waals surface area contributed by atoms with Crippen molar-refractivity contribution < 1.29 is 24.2 Å². The van der Waals surface area contributed by atoms with Gasteiger partial charge in [0.25, 0.3) is 11.8 Å². The first-order chi connectivity index (χ1) is 11.5. The molecule has 0 aromatic heterocycles. The first-order valence-electron chi connectivity index (χ1n) is 8.07. The van der Waals surface area contributed by atoms with Crippen LogP contribution in [-0.2, 0) is 9.59 Å². The number of amides is 2. The Kier molecular flexibility index (Phi) is 4.42. The molecule has 7 heteroatoms. The van der Waals surface area contributed by atoms with Gasteiger partial charge in [0.05, 0.1) is 11.3 Å². The largest absolute Gasteiger partial charge is 0.481 e. The van der Waals surface area contributed by atoms with Gasteiger partial charge in [-0.15, -0.1) is 0 Å². The van der Waals surface area contributed by atoms with Crippen molar-refractivity contribution in [2.24, 2.45) is 5.92 Å². The van der Waals surface area contributed by atoms with Gasteiger partial charge in [0, 0.05) is 19.5 Å². The molecule has 2 N–H and O–H groups in total. The SMILES string of the molecule is CC1Oc2c(cccc2C(=O)N2CCC(CC(=O)O)CC2)NC1=O. The maximum absolute atomic E-state index is 12.8. The third-order valence-electron chi connectivity index (χ3n) is 4.53. The number of nitrogens with zero attached hydrogens (tertiary/aromatic N) is 1. The van der Waals surface area contributed by atoms with E-state index in [-0.39, 0.29) is 24.2 Å². The van der Waals surface area contributed by atoms with E-state index in [0.29, 0.717) is 42.9 Å². The van der Waals surface area contributed by atoms with E-state index in [1.54, 1.807) is 30.0 Å². The number of carboxylic acids is 1. The average molecular weight is 332 g/mol. The van der Waals surface area contributed by atoms with Crippen LogP contribution in [0, 0.1) is 5.92 Å². The van der Waals surface area contributed by atoms with Gasteiger partial charge in [-0.25, -0.2) is 0 Å². The maximum Gasteiger partial charge on any atom is 0.303 e. The number of hydrogen-bond donors (Lipinski definition) is 2. The molecular formula is C17H20N2O5. The summed E-state index contributed by atoms with van der Waals surface area (Å²) in [5, 5.41) is 11.6. The lowest BCUT2D eigenvalue weighted by molar-refractivity contribution is -0.138. The van der Waals surface area contributed by atoms with E-state index in [0.717, 1.165) is 0 Å². The first-order valence-corrected chi connectivity index (χ1v) is 8.07. The highest BCUT2D eigenvalue weighted by Crippen LogP contribution is 2.34. The monoisotopic (exact) mass is 332 g/mol. The van der Waals surface area contributed by atoms with Crippen LogP contribution in [0.15, 0.2) is 18.2 Å². The van der Waals surface area contributed by atoms with Crippen molar-refractivity contribution in [2.75, 3.05) is 18.4 Å². The number of nitrogens with one attached hydrogen (secondary N) is 1. The molecule has 1 atom stereocenters. The van der Waals surface area contributed by atoms with Crippen LogP contribution in [0.1, 0.15) is 36.5 Å². The predicted molar refractivity (Wildman–Crippen MR) is 86.0 cm³/mol. The number of para-hydroxylation sites is 1. The van der Waals surface area contributed by atoms with E-state index < -0.39 is 12.1 Å². The van der Waals surface area contributed by atoms with E-state index in [4.69, 9.17) is 9.84 Å². The highest BCUT2D eigenvalue weighted by atomic mass is 16.5. The highest BCUT2D eigenvalue weighted by Gasteiger charge is 2.31. The van der Waals surface area contributed by atoms with Gasteiger partial charge in [-0.1, -0.05) is 6.07 Å². The number of hydrogen-bond acceptors (Lipinski definition) is 4. The summed E-state index contributed by atoms with van der Waals surface area (Å²) in [5.41, 5.74) is 0.931. The Labute approximate surface area is 139 Å². The van der Waals surface area contributed by atoms with E-state index in [1.807, 2.05) is 0 Å². The van der Waals surface area contributed by atoms with E-state index >= 15 is 0 Å². The van der Waals surface area contributed by atoms with Crippen molar-refractivity contribution in [2.45, 2.75) is 32.3 Å². The molecule has 1 fully saturated rings. The molecule has 2 amide bonds. The standard InChI is InChI=1S/C17H20N2O5/c1-10-16(22)18-13-4-2-3-12(15(13)24-10)17(23)19-7-5-11(6-8-19)9-14(20)21/h2-4,10-11H,5-9H2,1H3,(H,18,22)(H,20,21). The second-order valence-electron chi connectivity index (χ2n) is 6.27. The number of aliphatic carboxylic acids is 1. The summed E-state index contributed by atoms with van der Waals surface area (Å²) >= 11 is 0. The number of carbonyl (C=O) groups is 3. The number of rotatable bonds is 3. The van der Waals surface area contributed by atoms with Crippen LogP contribution in [-0.4, -0.2) is 47.0 Å². The molecule has 0 bridgehead atoms. The Bertz CT molecular complexity index is 680. The van der Waals surface area contributed by atoms with E-state index in [9.17, 15) is 14.4 Å². The molecule has 1 aromatic carbocycles. The van der Waals surface area contributed by atoms with Crippen LogP contribution < -0.4 is 10.1 Å². The molecule has 0 saturated carbocycles. The summed E-state index contributed by atoms with van der Waals surface area (Å²) in [6, 6.07) is 5.10. The summed E-state index contributed by atoms with van der Waals surface area (Å²) in [5.74, 6) is -0.658. The maximum atomic E-state index is 12.8. The van der Waals surface area contributed by atoms with Crippen LogP contribution in [0.25, 0.3) is 0 Å². The summed E-state index contributed by atoms with van der Waals surface area (Å²) in [6.45, 7) is 2.70. The number of ether oxygens (including phenoxy) is 1. The number of anilines is 1. The van der Waals surface area contributed by atoms with Crippen molar-refractivity contribution in [1.82, 2.24) is 4.90 Å².